The van der Waals surface area contributed by atoms with Crippen LogP contribution >= 0.6 is 27.3 Å². The van der Waals surface area contributed by atoms with E-state index in [0.717, 1.165) is 22.5 Å². The highest BCUT2D eigenvalue weighted by Gasteiger charge is 2.19. The van der Waals surface area contributed by atoms with Gasteiger partial charge in [-0.15, -0.1) is 11.3 Å². The number of aliphatic hydroxyl groups is 1. The predicted octanol–water partition coefficient (Wildman–Crippen LogP) is 3.99. The van der Waals surface area contributed by atoms with Crippen LogP contribution in [0.5, 0.6) is 0 Å². The van der Waals surface area contributed by atoms with E-state index in [4.69, 9.17) is 0 Å². The summed E-state index contributed by atoms with van der Waals surface area (Å²) in [5, 5.41) is 9.96. The lowest BCUT2D eigenvalue weighted by Crippen LogP contribution is -2.13. The summed E-state index contributed by atoms with van der Waals surface area (Å²) in [7, 11) is 0. The first kappa shape index (κ1) is 11.6. The van der Waals surface area contributed by atoms with Gasteiger partial charge >= 0.3 is 0 Å². The van der Waals surface area contributed by atoms with Crippen molar-refractivity contribution in [1.82, 2.24) is 0 Å². The molecule has 1 nitrogen and oxygen atoms in total. The van der Waals surface area contributed by atoms with E-state index in [1.807, 2.05) is 0 Å². The molecule has 1 saturated carbocycles. The molecule has 0 spiro atoms. The fraction of sp³-hybridized carbons (Fsp3) is 0.667. The second-order valence-corrected chi connectivity index (χ2v) is 7.00. The molecule has 1 aliphatic carbocycles. The Bertz CT molecular complexity index is 304. The van der Waals surface area contributed by atoms with Crippen molar-refractivity contribution in [3.63, 3.8) is 0 Å². The summed E-state index contributed by atoms with van der Waals surface area (Å²) < 4.78 is 1.16. The van der Waals surface area contributed by atoms with Gasteiger partial charge in [0.25, 0.3) is 0 Å². The van der Waals surface area contributed by atoms with Crippen molar-refractivity contribution in [3.8, 4) is 0 Å². The standard InChI is InChI=1S/C12H17BrOS/c13-12-6-5-11(15-12)8-10(14)7-9-3-1-2-4-9/h5-6,9-10,14H,1-4,7-8H2. The molecule has 0 bridgehead atoms. The Labute approximate surface area is 104 Å². The molecular formula is C12H17BrOS. The van der Waals surface area contributed by atoms with Gasteiger partial charge in [0.2, 0.25) is 0 Å². The zero-order chi connectivity index (χ0) is 10.7. The smallest absolute Gasteiger partial charge is 0.0701 e. The highest BCUT2D eigenvalue weighted by atomic mass is 79.9. The maximum absolute atomic E-state index is 9.96. The van der Waals surface area contributed by atoms with Crippen molar-refractivity contribution in [3.05, 3.63) is 20.8 Å². The molecule has 3 heteroatoms. The van der Waals surface area contributed by atoms with Gasteiger partial charge in [-0.3, -0.25) is 0 Å². The zero-order valence-corrected chi connectivity index (χ0v) is 11.2. The minimum atomic E-state index is -0.140. The summed E-state index contributed by atoms with van der Waals surface area (Å²) in [5.74, 6) is 0.781. The van der Waals surface area contributed by atoms with Crippen LogP contribution in [0.4, 0.5) is 0 Å². The van der Waals surface area contributed by atoms with E-state index in [1.165, 1.54) is 30.6 Å². The van der Waals surface area contributed by atoms with Crippen molar-refractivity contribution in [2.45, 2.75) is 44.6 Å². The Hall–Kier alpha value is 0.140. The van der Waals surface area contributed by atoms with Gasteiger partial charge in [-0.25, -0.2) is 0 Å². The summed E-state index contributed by atoms with van der Waals surface area (Å²) in [5.41, 5.74) is 0. The van der Waals surface area contributed by atoms with Crippen molar-refractivity contribution in [1.29, 1.82) is 0 Å². The van der Waals surface area contributed by atoms with E-state index in [9.17, 15) is 5.11 Å². The molecule has 15 heavy (non-hydrogen) atoms. The topological polar surface area (TPSA) is 20.2 Å². The molecule has 0 radical (unpaired) electrons. The molecule has 2 rings (SSSR count). The monoisotopic (exact) mass is 288 g/mol. The Kier molecular flexibility index (Phi) is 4.23. The molecule has 0 saturated heterocycles. The third kappa shape index (κ3) is 3.58. The minimum Gasteiger partial charge on any atom is -0.393 e. The summed E-state index contributed by atoms with van der Waals surface area (Å²) >= 11 is 5.18. The molecule has 84 valence electrons. The largest absolute Gasteiger partial charge is 0.393 e. The van der Waals surface area contributed by atoms with Crippen LogP contribution in [0.1, 0.15) is 37.0 Å². The average molecular weight is 289 g/mol. The van der Waals surface area contributed by atoms with E-state index in [-0.39, 0.29) is 6.10 Å². The second-order valence-electron chi connectivity index (χ2n) is 4.45. The van der Waals surface area contributed by atoms with Crippen LogP contribution in [0.15, 0.2) is 15.9 Å². The lowest BCUT2D eigenvalue weighted by molar-refractivity contribution is 0.144. The first-order valence-electron chi connectivity index (χ1n) is 5.66. The second kappa shape index (κ2) is 5.46. The Morgan fingerprint density at radius 2 is 2.13 bits per heavy atom. The van der Waals surface area contributed by atoms with Gasteiger partial charge in [0.05, 0.1) is 9.89 Å². The molecular weight excluding hydrogens is 272 g/mol. The molecule has 1 fully saturated rings. The van der Waals surface area contributed by atoms with Gasteiger partial charge in [0, 0.05) is 11.3 Å². The van der Waals surface area contributed by atoms with Gasteiger partial charge in [-0.05, 0) is 40.4 Å². The maximum Gasteiger partial charge on any atom is 0.0701 e. The van der Waals surface area contributed by atoms with E-state index in [2.05, 4.69) is 28.1 Å². The van der Waals surface area contributed by atoms with Crippen LogP contribution in [-0.2, 0) is 6.42 Å². The van der Waals surface area contributed by atoms with Gasteiger partial charge in [-0.2, -0.15) is 0 Å². The van der Waals surface area contributed by atoms with Crippen LogP contribution in [0.2, 0.25) is 0 Å². The third-order valence-electron chi connectivity index (χ3n) is 3.15. The fourth-order valence-corrected chi connectivity index (χ4v) is 3.96. The lowest BCUT2D eigenvalue weighted by atomic mass is 9.98. The SMILES string of the molecule is OC(Cc1ccc(Br)s1)CC1CCCC1. The Morgan fingerprint density at radius 3 is 2.73 bits per heavy atom. The zero-order valence-electron chi connectivity index (χ0n) is 8.79. The van der Waals surface area contributed by atoms with Crippen molar-refractivity contribution < 1.29 is 5.11 Å². The quantitative estimate of drug-likeness (QED) is 0.888. The number of hydrogen-bond acceptors (Lipinski definition) is 2. The van der Waals surface area contributed by atoms with E-state index >= 15 is 0 Å². The van der Waals surface area contributed by atoms with Crippen LogP contribution in [0.25, 0.3) is 0 Å². The van der Waals surface area contributed by atoms with Crippen molar-refractivity contribution in [2.24, 2.45) is 5.92 Å². The molecule has 1 atom stereocenters. The summed E-state index contributed by atoms with van der Waals surface area (Å²) in [6.07, 6.45) is 7.06. The molecule has 1 aromatic rings. The van der Waals surface area contributed by atoms with Crippen LogP contribution < -0.4 is 0 Å². The molecule has 1 aliphatic rings. The number of thiophene rings is 1. The molecule has 0 amide bonds. The number of rotatable bonds is 4. The Balaban J connectivity index is 1.78. The predicted molar refractivity (Wildman–Crippen MR) is 68.3 cm³/mol. The van der Waals surface area contributed by atoms with Crippen LogP contribution in [0.3, 0.4) is 0 Å². The summed E-state index contributed by atoms with van der Waals surface area (Å²) in [4.78, 5) is 1.28. The van der Waals surface area contributed by atoms with Gasteiger partial charge in [0.1, 0.15) is 0 Å². The highest BCUT2D eigenvalue weighted by Crippen LogP contribution is 2.30. The molecule has 0 aliphatic heterocycles. The van der Waals surface area contributed by atoms with E-state index in [1.54, 1.807) is 11.3 Å². The fourth-order valence-electron chi connectivity index (χ4n) is 2.41. The first-order valence-corrected chi connectivity index (χ1v) is 7.27. The first-order chi connectivity index (χ1) is 7.24. The molecule has 1 aromatic heterocycles. The normalized spacial score (nSPS) is 19.6. The van der Waals surface area contributed by atoms with Gasteiger partial charge in [0.15, 0.2) is 0 Å². The summed E-state index contributed by atoms with van der Waals surface area (Å²) in [6, 6.07) is 4.16. The molecule has 1 N–H and O–H groups in total. The Morgan fingerprint density at radius 1 is 1.40 bits per heavy atom. The van der Waals surface area contributed by atoms with E-state index < -0.39 is 0 Å². The van der Waals surface area contributed by atoms with Gasteiger partial charge < -0.3 is 5.11 Å². The number of hydrogen-bond donors (Lipinski definition) is 1. The highest BCUT2D eigenvalue weighted by molar-refractivity contribution is 9.11. The average Bonchev–Trinajstić information content (AvgIpc) is 2.77. The van der Waals surface area contributed by atoms with Crippen LogP contribution in [-0.4, -0.2) is 11.2 Å². The molecule has 1 unspecified atom stereocenters. The molecule has 1 heterocycles. The minimum absolute atomic E-state index is 0.140. The van der Waals surface area contributed by atoms with Crippen molar-refractivity contribution in [2.75, 3.05) is 0 Å². The summed E-state index contributed by atoms with van der Waals surface area (Å²) in [6.45, 7) is 0. The van der Waals surface area contributed by atoms with Crippen LogP contribution in [0, 0.1) is 5.92 Å². The van der Waals surface area contributed by atoms with Gasteiger partial charge in [-0.1, -0.05) is 25.7 Å². The maximum atomic E-state index is 9.96. The number of halogens is 1. The lowest BCUT2D eigenvalue weighted by Gasteiger charge is -2.14. The third-order valence-corrected chi connectivity index (χ3v) is 4.79. The molecule has 0 aromatic carbocycles. The van der Waals surface area contributed by atoms with Crippen molar-refractivity contribution >= 4 is 27.3 Å². The van der Waals surface area contributed by atoms with E-state index in [0.29, 0.717) is 0 Å². The number of aliphatic hydroxyl groups excluding tert-OH is 1.